The van der Waals surface area contributed by atoms with Gasteiger partial charge in [-0.3, -0.25) is 4.79 Å². The first-order chi connectivity index (χ1) is 13.5. The zero-order valence-corrected chi connectivity index (χ0v) is 15.6. The molecule has 3 aromatic rings. The summed E-state index contributed by atoms with van der Waals surface area (Å²) in [6, 6.07) is 17.1. The summed E-state index contributed by atoms with van der Waals surface area (Å²) in [7, 11) is 0. The monoisotopic (exact) mass is 379 g/mol. The summed E-state index contributed by atoms with van der Waals surface area (Å²) in [6.07, 6.45) is 0.185. The predicted octanol–water partition coefficient (Wildman–Crippen LogP) is 2.41. The van der Waals surface area contributed by atoms with E-state index < -0.39 is 23.5 Å². The Hall–Kier alpha value is -3.55. The molecule has 0 spiro atoms. The average molecular weight is 379 g/mol. The zero-order valence-electron chi connectivity index (χ0n) is 15.6. The quantitative estimate of drug-likeness (QED) is 0.652. The molecule has 0 aliphatic rings. The van der Waals surface area contributed by atoms with Crippen LogP contribution in [0.15, 0.2) is 60.7 Å². The molecule has 0 bridgehead atoms. The summed E-state index contributed by atoms with van der Waals surface area (Å²) in [5.74, 6) is -1.24. The molecule has 2 atom stereocenters. The van der Waals surface area contributed by atoms with Crippen molar-refractivity contribution in [2.24, 2.45) is 0 Å². The molecule has 144 valence electrons. The second-order valence-corrected chi connectivity index (χ2v) is 6.39. The van der Waals surface area contributed by atoms with E-state index in [1.165, 1.54) is 4.80 Å². The molecule has 0 radical (unpaired) electrons. The van der Waals surface area contributed by atoms with Gasteiger partial charge in [-0.2, -0.15) is 4.80 Å². The molecule has 0 aliphatic heterocycles. The molecule has 3 rings (SSSR count). The number of hydrogen-bond donors (Lipinski definition) is 2. The molecular weight excluding hydrogens is 358 g/mol. The van der Waals surface area contributed by atoms with Crippen molar-refractivity contribution in [3.63, 3.8) is 0 Å². The lowest BCUT2D eigenvalue weighted by Crippen LogP contribution is -2.53. The Bertz CT molecular complexity index is 958. The zero-order chi connectivity index (χ0) is 20.1. The highest BCUT2D eigenvalue weighted by atomic mass is 16.4. The largest absolute Gasteiger partial charge is 0.479 e. The number of rotatable bonds is 7. The molecule has 8 nitrogen and oxygen atoms in total. The number of nitrogens with zero attached hydrogens (tertiary/aromatic N) is 4. The topological polar surface area (TPSA) is 110 Å². The Morgan fingerprint density at radius 1 is 1.11 bits per heavy atom. The molecule has 2 aromatic carbocycles. The molecule has 0 aliphatic carbocycles. The van der Waals surface area contributed by atoms with E-state index in [2.05, 4.69) is 20.7 Å². The molecule has 0 saturated heterocycles. The van der Waals surface area contributed by atoms with Crippen LogP contribution < -0.4 is 5.32 Å². The lowest BCUT2D eigenvalue weighted by molar-refractivity contribution is -0.149. The van der Waals surface area contributed by atoms with Gasteiger partial charge in [0.1, 0.15) is 6.04 Å². The number of carboxylic acid groups (broad SMARTS) is 1. The Morgan fingerprint density at radius 2 is 1.71 bits per heavy atom. The number of hydrogen-bond acceptors (Lipinski definition) is 5. The summed E-state index contributed by atoms with van der Waals surface area (Å²) in [4.78, 5) is 26.1. The van der Waals surface area contributed by atoms with Crippen LogP contribution in [0.2, 0.25) is 0 Å². The maximum absolute atomic E-state index is 12.8. The molecule has 2 unspecified atom stereocenters. The SMILES string of the molecule is CCC(NC(=O)C(C)n1nnc(-c2ccccc2)n1)(C(=O)O)c1ccccc1. The Morgan fingerprint density at radius 3 is 2.29 bits per heavy atom. The van der Waals surface area contributed by atoms with E-state index in [0.29, 0.717) is 11.4 Å². The Balaban J connectivity index is 1.85. The molecule has 8 heteroatoms. The lowest BCUT2D eigenvalue weighted by atomic mass is 9.87. The number of carbonyl (C=O) groups is 2. The summed E-state index contributed by atoms with van der Waals surface area (Å²) in [6.45, 7) is 3.31. The van der Waals surface area contributed by atoms with Gasteiger partial charge in [-0.05, 0) is 24.1 Å². The third kappa shape index (κ3) is 3.62. The number of carboxylic acids is 1. The van der Waals surface area contributed by atoms with Crippen molar-refractivity contribution >= 4 is 11.9 Å². The maximum Gasteiger partial charge on any atom is 0.334 e. The van der Waals surface area contributed by atoms with Gasteiger partial charge in [-0.15, -0.1) is 10.2 Å². The van der Waals surface area contributed by atoms with E-state index in [1.807, 2.05) is 30.3 Å². The van der Waals surface area contributed by atoms with E-state index in [-0.39, 0.29) is 6.42 Å². The van der Waals surface area contributed by atoms with Crippen LogP contribution in [0.25, 0.3) is 11.4 Å². The first-order valence-electron chi connectivity index (χ1n) is 8.94. The van der Waals surface area contributed by atoms with Crippen molar-refractivity contribution in [3.8, 4) is 11.4 Å². The van der Waals surface area contributed by atoms with Crippen LogP contribution in [0, 0.1) is 0 Å². The van der Waals surface area contributed by atoms with Crippen LogP contribution in [0.3, 0.4) is 0 Å². The average Bonchev–Trinajstić information content (AvgIpc) is 3.22. The fourth-order valence-corrected chi connectivity index (χ4v) is 2.93. The number of benzene rings is 2. The van der Waals surface area contributed by atoms with Gasteiger partial charge >= 0.3 is 5.97 Å². The van der Waals surface area contributed by atoms with Gasteiger partial charge in [-0.25, -0.2) is 4.79 Å². The second-order valence-electron chi connectivity index (χ2n) is 6.39. The van der Waals surface area contributed by atoms with Gasteiger partial charge in [0.2, 0.25) is 11.7 Å². The lowest BCUT2D eigenvalue weighted by Gasteiger charge is -2.31. The minimum absolute atomic E-state index is 0.185. The van der Waals surface area contributed by atoms with Crippen LogP contribution in [-0.2, 0) is 15.1 Å². The van der Waals surface area contributed by atoms with E-state index in [4.69, 9.17) is 0 Å². The van der Waals surface area contributed by atoms with Crippen molar-refractivity contribution in [1.29, 1.82) is 0 Å². The van der Waals surface area contributed by atoms with Gasteiger partial charge in [0.05, 0.1) is 0 Å². The fourth-order valence-electron chi connectivity index (χ4n) is 2.93. The number of aliphatic carboxylic acids is 1. The van der Waals surface area contributed by atoms with Crippen molar-refractivity contribution < 1.29 is 14.7 Å². The molecule has 1 aromatic heterocycles. The normalized spacial score (nSPS) is 14.1. The highest BCUT2D eigenvalue weighted by Gasteiger charge is 2.41. The van der Waals surface area contributed by atoms with Crippen molar-refractivity contribution in [2.45, 2.75) is 31.8 Å². The van der Waals surface area contributed by atoms with Crippen LogP contribution in [-0.4, -0.2) is 37.2 Å². The highest BCUT2D eigenvalue weighted by Crippen LogP contribution is 2.26. The minimum atomic E-state index is -1.53. The minimum Gasteiger partial charge on any atom is -0.479 e. The standard InChI is InChI=1S/C20H21N5O3/c1-3-20(19(27)28,16-12-8-5-9-13-16)21-18(26)14(2)25-23-17(22-24-25)15-10-6-4-7-11-15/h4-14H,3H2,1-2H3,(H,21,26)(H,27,28). The van der Waals surface area contributed by atoms with Gasteiger partial charge in [0.15, 0.2) is 5.54 Å². The summed E-state index contributed by atoms with van der Waals surface area (Å²) < 4.78 is 0. The fraction of sp³-hybridized carbons (Fsp3) is 0.250. The van der Waals surface area contributed by atoms with Gasteiger partial charge in [-0.1, -0.05) is 67.6 Å². The number of amides is 1. The Labute approximate surface area is 162 Å². The van der Waals surface area contributed by atoms with Crippen LogP contribution in [0.1, 0.15) is 31.9 Å². The first-order valence-corrected chi connectivity index (χ1v) is 8.94. The molecule has 0 fully saturated rings. The number of aromatic nitrogens is 4. The molecular formula is C20H21N5O3. The first kappa shape index (κ1) is 19.2. The van der Waals surface area contributed by atoms with E-state index in [0.717, 1.165) is 5.56 Å². The second kappa shape index (κ2) is 7.99. The molecule has 1 heterocycles. The van der Waals surface area contributed by atoms with Gasteiger partial charge in [0.25, 0.3) is 0 Å². The molecule has 1 amide bonds. The van der Waals surface area contributed by atoms with Gasteiger partial charge in [0, 0.05) is 5.56 Å². The van der Waals surface area contributed by atoms with Crippen molar-refractivity contribution in [2.75, 3.05) is 0 Å². The predicted molar refractivity (Wildman–Crippen MR) is 102 cm³/mol. The summed E-state index contributed by atoms with van der Waals surface area (Å²) in [5.41, 5.74) is -0.253. The third-order valence-electron chi connectivity index (χ3n) is 4.68. The third-order valence-corrected chi connectivity index (χ3v) is 4.68. The molecule has 2 N–H and O–H groups in total. The molecule has 0 saturated carbocycles. The van der Waals surface area contributed by atoms with Crippen molar-refractivity contribution in [1.82, 2.24) is 25.5 Å². The summed E-state index contributed by atoms with van der Waals surface area (Å²) >= 11 is 0. The number of nitrogens with one attached hydrogen (secondary N) is 1. The van der Waals surface area contributed by atoms with Crippen LogP contribution in [0.4, 0.5) is 0 Å². The number of tetrazole rings is 1. The van der Waals surface area contributed by atoms with E-state index in [1.54, 1.807) is 44.2 Å². The molecule has 28 heavy (non-hydrogen) atoms. The van der Waals surface area contributed by atoms with Crippen LogP contribution in [0.5, 0.6) is 0 Å². The van der Waals surface area contributed by atoms with E-state index in [9.17, 15) is 14.7 Å². The smallest absolute Gasteiger partial charge is 0.334 e. The van der Waals surface area contributed by atoms with Crippen LogP contribution >= 0.6 is 0 Å². The summed E-state index contributed by atoms with van der Waals surface area (Å²) in [5, 5.41) is 24.7. The highest BCUT2D eigenvalue weighted by molar-refractivity contribution is 5.89. The van der Waals surface area contributed by atoms with Gasteiger partial charge < -0.3 is 10.4 Å². The Kier molecular flexibility index (Phi) is 5.49. The van der Waals surface area contributed by atoms with Crippen molar-refractivity contribution in [3.05, 3.63) is 66.2 Å². The van der Waals surface area contributed by atoms with E-state index >= 15 is 0 Å². The maximum atomic E-state index is 12.8. The number of carbonyl (C=O) groups excluding carboxylic acids is 1.